The lowest BCUT2D eigenvalue weighted by molar-refractivity contribution is -0.128. The van der Waals surface area contributed by atoms with E-state index in [2.05, 4.69) is 10.3 Å². The summed E-state index contributed by atoms with van der Waals surface area (Å²) in [6.07, 6.45) is 0. The van der Waals surface area contributed by atoms with Gasteiger partial charge in [-0.05, 0) is 68.4 Å². The summed E-state index contributed by atoms with van der Waals surface area (Å²) in [4.78, 5) is 17.1. The number of nitrogens with one attached hydrogen (secondary N) is 1. The standard InChI is InChI=1S/C23H19ClN2O3/c1-23(2,29-18-6-4-3-5-7-18)22(27)25-17-11-8-15(9-12-17)21-26-19-14-16(24)10-13-20(19)28-21/h3-14H,1-2H3,(H,25,27). The van der Waals surface area contributed by atoms with Crippen molar-refractivity contribution < 1.29 is 13.9 Å². The van der Waals surface area contributed by atoms with Gasteiger partial charge in [-0.2, -0.15) is 0 Å². The molecule has 1 N–H and O–H groups in total. The van der Waals surface area contributed by atoms with Crippen LogP contribution >= 0.6 is 11.6 Å². The Labute approximate surface area is 173 Å². The number of hydrogen-bond donors (Lipinski definition) is 1. The van der Waals surface area contributed by atoms with Gasteiger partial charge in [0.05, 0.1) is 0 Å². The minimum atomic E-state index is -1.03. The minimum absolute atomic E-state index is 0.245. The Hall–Kier alpha value is -3.31. The lowest BCUT2D eigenvalue weighted by Crippen LogP contribution is -2.42. The molecule has 5 nitrogen and oxygen atoms in total. The average molecular weight is 407 g/mol. The van der Waals surface area contributed by atoms with Crippen molar-refractivity contribution in [3.05, 3.63) is 77.8 Å². The number of nitrogens with zero attached hydrogens (tertiary/aromatic N) is 1. The van der Waals surface area contributed by atoms with E-state index in [1.54, 1.807) is 44.2 Å². The molecule has 1 heterocycles. The first kappa shape index (κ1) is 19.0. The second-order valence-electron chi connectivity index (χ2n) is 7.09. The smallest absolute Gasteiger partial charge is 0.267 e. The third-order valence-corrected chi connectivity index (χ3v) is 4.64. The molecule has 0 saturated carbocycles. The van der Waals surface area contributed by atoms with Gasteiger partial charge < -0.3 is 14.5 Å². The first-order valence-electron chi connectivity index (χ1n) is 9.13. The number of aromatic nitrogens is 1. The summed E-state index contributed by atoms with van der Waals surface area (Å²) in [7, 11) is 0. The number of benzene rings is 3. The number of halogens is 1. The van der Waals surface area contributed by atoms with Crippen LogP contribution in [0, 0.1) is 0 Å². The van der Waals surface area contributed by atoms with Gasteiger partial charge in [-0.3, -0.25) is 4.79 Å². The number of fused-ring (bicyclic) bond motifs is 1. The molecule has 0 aliphatic rings. The quantitative estimate of drug-likeness (QED) is 0.445. The predicted molar refractivity (Wildman–Crippen MR) is 114 cm³/mol. The van der Waals surface area contributed by atoms with Crippen LogP contribution in [0.1, 0.15) is 13.8 Å². The van der Waals surface area contributed by atoms with E-state index in [-0.39, 0.29) is 5.91 Å². The van der Waals surface area contributed by atoms with Crippen molar-refractivity contribution in [2.75, 3.05) is 5.32 Å². The van der Waals surface area contributed by atoms with Gasteiger partial charge in [0.25, 0.3) is 5.91 Å². The van der Waals surface area contributed by atoms with E-state index >= 15 is 0 Å². The molecule has 146 valence electrons. The Morgan fingerprint density at radius 3 is 2.48 bits per heavy atom. The Balaban J connectivity index is 1.47. The van der Waals surface area contributed by atoms with Crippen molar-refractivity contribution in [2.45, 2.75) is 19.4 Å². The van der Waals surface area contributed by atoms with E-state index < -0.39 is 5.60 Å². The summed E-state index contributed by atoms with van der Waals surface area (Å²) >= 11 is 6.00. The molecular weight excluding hydrogens is 388 g/mol. The van der Waals surface area contributed by atoms with Crippen LogP contribution in [0.3, 0.4) is 0 Å². The third-order valence-electron chi connectivity index (χ3n) is 4.40. The number of para-hydroxylation sites is 1. The second kappa shape index (κ2) is 7.60. The first-order chi connectivity index (χ1) is 13.9. The molecule has 0 unspecified atom stereocenters. The van der Waals surface area contributed by atoms with E-state index in [1.165, 1.54) is 0 Å². The fourth-order valence-electron chi connectivity index (χ4n) is 2.83. The van der Waals surface area contributed by atoms with Crippen LogP contribution in [-0.4, -0.2) is 16.5 Å². The highest BCUT2D eigenvalue weighted by Crippen LogP contribution is 2.27. The monoisotopic (exact) mass is 406 g/mol. The van der Waals surface area contributed by atoms with Crippen molar-refractivity contribution in [3.8, 4) is 17.2 Å². The van der Waals surface area contributed by atoms with Gasteiger partial charge in [0.15, 0.2) is 11.2 Å². The number of ether oxygens (including phenoxy) is 1. The largest absolute Gasteiger partial charge is 0.478 e. The molecule has 4 aromatic rings. The molecule has 6 heteroatoms. The minimum Gasteiger partial charge on any atom is -0.478 e. The zero-order chi connectivity index (χ0) is 20.4. The fraction of sp³-hybridized carbons (Fsp3) is 0.130. The first-order valence-corrected chi connectivity index (χ1v) is 9.50. The van der Waals surface area contributed by atoms with Gasteiger partial charge in [0, 0.05) is 16.3 Å². The zero-order valence-corrected chi connectivity index (χ0v) is 16.7. The normalized spacial score (nSPS) is 11.4. The average Bonchev–Trinajstić information content (AvgIpc) is 3.12. The van der Waals surface area contributed by atoms with Gasteiger partial charge in [-0.1, -0.05) is 29.8 Å². The zero-order valence-electron chi connectivity index (χ0n) is 16.0. The molecular formula is C23H19ClN2O3. The third kappa shape index (κ3) is 4.25. The molecule has 4 rings (SSSR count). The van der Waals surface area contributed by atoms with E-state index in [1.807, 2.05) is 42.5 Å². The van der Waals surface area contributed by atoms with Gasteiger partial charge in [0.1, 0.15) is 11.3 Å². The van der Waals surface area contributed by atoms with Gasteiger partial charge in [0.2, 0.25) is 5.89 Å². The van der Waals surface area contributed by atoms with Crippen molar-refractivity contribution in [2.24, 2.45) is 0 Å². The Kier molecular flexibility index (Phi) is 4.99. The van der Waals surface area contributed by atoms with Crippen LogP contribution in [0.25, 0.3) is 22.6 Å². The summed E-state index contributed by atoms with van der Waals surface area (Å²) in [5.74, 6) is 0.887. The molecule has 0 fully saturated rings. The van der Waals surface area contributed by atoms with E-state index in [9.17, 15) is 4.79 Å². The highest BCUT2D eigenvalue weighted by molar-refractivity contribution is 6.31. The Morgan fingerprint density at radius 2 is 1.76 bits per heavy atom. The molecule has 0 atom stereocenters. The number of anilines is 1. The van der Waals surface area contributed by atoms with E-state index in [0.29, 0.717) is 33.4 Å². The number of amides is 1. The molecule has 29 heavy (non-hydrogen) atoms. The highest BCUT2D eigenvalue weighted by atomic mass is 35.5. The number of carbonyl (C=O) groups is 1. The van der Waals surface area contributed by atoms with Gasteiger partial charge >= 0.3 is 0 Å². The van der Waals surface area contributed by atoms with Crippen molar-refractivity contribution in [1.29, 1.82) is 0 Å². The predicted octanol–water partition coefficient (Wildman–Crippen LogP) is 5.94. The molecule has 0 aliphatic heterocycles. The number of rotatable bonds is 5. The van der Waals surface area contributed by atoms with Gasteiger partial charge in [-0.15, -0.1) is 0 Å². The lowest BCUT2D eigenvalue weighted by Gasteiger charge is -2.25. The van der Waals surface area contributed by atoms with Crippen LogP contribution in [0.5, 0.6) is 5.75 Å². The summed E-state index contributed by atoms with van der Waals surface area (Å²) in [6.45, 7) is 3.46. The molecule has 3 aromatic carbocycles. The van der Waals surface area contributed by atoms with Crippen LogP contribution in [-0.2, 0) is 4.79 Å². The summed E-state index contributed by atoms with van der Waals surface area (Å²) in [5, 5.41) is 3.49. The van der Waals surface area contributed by atoms with Crippen LogP contribution in [0.4, 0.5) is 5.69 Å². The Morgan fingerprint density at radius 1 is 1.03 bits per heavy atom. The lowest BCUT2D eigenvalue weighted by atomic mass is 10.1. The summed E-state index contributed by atoms with van der Waals surface area (Å²) < 4.78 is 11.6. The SMILES string of the molecule is CC(C)(Oc1ccccc1)C(=O)Nc1ccc(-c2nc3cc(Cl)ccc3o2)cc1. The maximum absolute atomic E-state index is 12.7. The van der Waals surface area contributed by atoms with Crippen LogP contribution in [0.15, 0.2) is 77.2 Å². The van der Waals surface area contributed by atoms with Crippen LogP contribution < -0.4 is 10.1 Å². The van der Waals surface area contributed by atoms with Crippen molar-refractivity contribution in [3.63, 3.8) is 0 Å². The highest BCUT2D eigenvalue weighted by Gasteiger charge is 2.30. The fourth-order valence-corrected chi connectivity index (χ4v) is 3.00. The van der Waals surface area contributed by atoms with E-state index in [4.69, 9.17) is 20.8 Å². The van der Waals surface area contributed by atoms with E-state index in [0.717, 1.165) is 5.56 Å². The molecule has 0 radical (unpaired) electrons. The number of carbonyl (C=O) groups excluding carboxylic acids is 1. The summed E-state index contributed by atoms with van der Waals surface area (Å²) in [5.41, 5.74) is 1.79. The van der Waals surface area contributed by atoms with Crippen LogP contribution in [0.2, 0.25) is 5.02 Å². The molecule has 0 spiro atoms. The molecule has 0 bridgehead atoms. The van der Waals surface area contributed by atoms with Crippen molar-refractivity contribution in [1.82, 2.24) is 4.98 Å². The number of oxazole rings is 1. The molecule has 0 saturated heterocycles. The van der Waals surface area contributed by atoms with Crippen molar-refractivity contribution >= 4 is 34.3 Å². The second-order valence-corrected chi connectivity index (χ2v) is 7.52. The maximum Gasteiger partial charge on any atom is 0.267 e. The molecule has 1 amide bonds. The topological polar surface area (TPSA) is 64.4 Å². The van der Waals surface area contributed by atoms with Gasteiger partial charge in [-0.25, -0.2) is 4.98 Å². The molecule has 0 aliphatic carbocycles. The molecule has 1 aromatic heterocycles. The number of hydrogen-bond acceptors (Lipinski definition) is 4. The maximum atomic E-state index is 12.7. The Bertz CT molecular complexity index is 1150. The summed E-state index contributed by atoms with van der Waals surface area (Å²) in [6, 6.07) is 21.8.